The van der Waals surface area contributed by atoms with Crippen molar-refractivity contribution in [2.45, 2.75) is 43.8 Å². The monoisotopic (exact) mass is 362 g/mol. The van der Waals surface area contributed by atoms with Crippen LogP contribution in [0.15, 0.2) is 29.4 Å². The standard InChI is InChI=1S/C18H23FN4OS/c1-12-7-3-6-10-15(12)20-16(24)11-25-18-22-21-17(23(18)2)13-8-4-5-9-14(13)19/h4-5,8-9,12,15H,3,6-7,10-11H2,1-2H3,(H,20,24)/t12-,15-/m1/s1. The van der Waals surface area contributed by atoms with Crippen molar-refractivity contribution in [1.29, 1.82) is 0 Å². The maximum atomic E-state index is 13.9. The fourth-order valence-corrected chi connectivity index (χ4v) is 3.95. The van der Waals surface area contributed by atoms with E-state index in [1.165, 1.54) is 37.1 Å². The lowest BCUT2D eigenvalue weighted by Crippen LogP contribution is -2.41. The number of aromatic nitrogens is 3. The maximum absolute atomic E-state index is 13.9. The lowest BCUT2D eigenvalue weighted by Gasteiger charge is -2.29. The number of rotatable bonds is 5. The van der Waals surface area contributed by atoms with Crippen LogP contribution in [-0.4, -0.2) is 32.5 Å². The summed E-state index contributed by atoms with van der Waals surface area (Å²) in [5.41, 5.74) is 0.407. The second kappa shape index (κ2) is 7.99. The summed E-state index contributed by atoms with van der Waals surface area (Å²) in [7, 11) is 1.78. The Hall–Kier alpha value is -1.89. The number of amides is 1. The molecule has 5 nitrogen and oxygen atoms in total. The molecule has 2 aromatic rings. The van der Waals surface area contributed by atoms with E-state index in [0.29, 0.717) is 22.5 Å². The van der Waals surface area contributed by atoms with Crippen LogP contribution in [0.5, 0.6) is 0 Å². The third-order valence-electron chi connectivity index (χ3n) is 4.74. The molecule has 1 fully saturated rings. The van der Waals surface area contributed by atoms with Crippen LogP contribution in [0.3, 0.4) is 0 Å². The normalized spacial score (nSPS) is 20.4. The first kappa shape index (κ1) is 17.9. The fourth-order valence-electron chi connectivity index (χ4n) is 3.23. The van der Waals surface area contributed by atoms with Gasteiger partial charge >= 0.3 is 0 Å². The molecule has 7 heteroatoms. The Balaban J connectivity index is 1.60. The van der Waals surface area contributed by atoms with Gasteiger partial charge in [0.25, 0.3) is 0 Å². The fraction of sp³-hybridized carbons (Fsp3) is 0.500. The van der Waals surface area contributed by atoms with Crippen LogP contribution >= 0.6 is 11.8 Å². The van der Waals surface area contributed by atoms with E-state index in [0.717, 1.165) is 6.42 Å². The number of hydrogen-bond acceptors (Lipinski definition) is 4. The van der Waals surface area contributed by atoms with Crippen LogP contribution in [0.2, 0.25) is 0 Å². The molecule has 1 aromatic carbocycles. The Labute approximate surface area is 151 Å². The van der Waals surface area contributed by atoms with E-state index in [4.69, 9.17) is 0 Å². The minimum atomic E-state index is -0.335. The first-order chi connectivity index (χ1) is 12.1. The number of carbonyl (C=O) groups is 1. The number of halogens is 1. The van der Waals surface area contributed by atoms with Crippen molar-refractivity contribution < 1.29 is 9.18 Å². The number of nitrogens with zero attached hydrogens (tertiary/aromatic N) is 3. The van der Waals surface area contributed by atoms with Gasteiger partial charge in [-0.2, -0.15) is 0 Å². The number of thioether (sulfide) groups is 1. The summed E-state index contributed by atoms with van der Waals surface area (Å²) in [4.78, 5) is 12.2. The molecule has 1 aliphatic carbocycles. The van der Waals surface area contributed by atoms with Gasteiger partial charge in [-0.15, -0.1) is 10.2 Å². The van der Waals surface area contributed by atoms with E-state index in [9.17, 15) is 9.18 Å². The smallest absolute Gasteiger partial charge is 0.230 e. The molecule has 1 amide bonds. The highest BCUT2D eigenvalue weighted by Gasteiger charge is 2.23. The second-order valence-electron chi connectivity index (χ2n) is 6.57. The summed E-state index contributed by atoms with van der Waals surface area (Å²) in [6.07, 6.45) is 4.66. The molecule has 1 heterocycles. The summed E-state index contributed by atoms with van der Waals surface area (Å²) < 4.78 is 15.6. The van der Waals surface area contributed by atoms with Crippen molar-refractivity contribution in [3.63, 3.8) is 0 Å². The van der Waals surface area contributed by atoms with Gasteiger partial charge in [0, 0.05) is 13.1 Å². The maximum Gasteiger partial charge on any atom is 0.230 e. The first-order valence-electron chi connectivity index (χ1n) is 8.62. The molecule has 0 spiro atoms. The summed E-state index contributed by atoms with van der Waals surface area (Å²) in [6.45, 7) is 2.20. The Bertz CT molecular complexity index is 748. The zero-order valence-electron chi connectivity index (χ0n) is 14.5. The molecule has 2 atom stereocenters. The van der Waals surface area contributed by atoms with Crippen LogP contribution in [0.25, 0.3) is 11.4 Å². The van der Waals surface area contributed by atoms with Crippen molar-refractivity contribution in [2.75, 3.05) is 5.75 Å². The van der Waals surface area contributed by atoms with Crippen LogP contribution in [0.4, 0.5) is 4.39 Å². The summed E-state index contributed by atoms with van der Waals surface area (Å²) >= 11 is 1.32. The first-order valence-corrected chi connectivity index (χ1v) is 9.61. The lowest BCUT2D eigenvalue weighted by molar-refractivity contribution is -0.119. The molecular weight excluding hydrogens is 339 g/mol. The number of nitrogens with one attached hydrogen (secondary N) is 1. The third kappa shape index (κ3) is 4.21. The summed E-state index contributed by atoms with van der Waals surface area (Å²) in [5.74, 6) is 0.955. The molecule has 0 radical (unpaired) electrons. The molecule has 3 rings (SSSR count). The molecule has 1 aromatic heterocycles. The van der Waals surface area contributed by atoms with Gasteiger partial charge in [-0.25, -0.2) is 4.39 Å². The van der Waals surface area contributed by atoms with Crippen LogP contribution < -0.4 is 5.32 Å². The van der Waals surface area contributed by atoms with Crippen LogP contribution in [0.1, 0.15) is 32.6 Å². The lowest BCUT2D eigenvalue weighted by atomic mass is 9.86. The van der Waals surface area contributed by atoms with Gasteiger partial charge < -0.3 is 9.88 Å². The van der Waals surface area contributed by atoms with Crippen molar-refractivity contribution in [2.24, 2.45) is 13.0 Å². The van der Waals surface area contributed by atoms with Gasteiger partial charge in [-0.1, -0.05) is 43.7 Å². The topological polar surface area (TPSA) is 59.8 Å². The zero-order valence-corrected chi connectivity index (χ0v) is 15.4. The van der Waals surface area contributed by atoms with Gasteiger partial charge in [0.1, 0.15) is 5.82 Å². The van der Waals surface area contributed by atoms with E-state index >= 15 is 0 Å². The average Bonchev–Trinajstić information content (AvgIpc) is 2.96. The van der Waals surface area contributed by atoms with E-state index in [-0.39, 0.29) is 23.5 Å². The van der Waals surface area contributed by atoms with Crippen molar-refractivity contribution >= 4 is 17.7 Å². The predicted molar refractivity (Wildman–Crippen MR) is 96.7 cm³/mol. The molecule has 0 bridgehead atoms. The molecular formula is C18H23FN4OS. The van der Waals surface area contributed by atoms with Crippen molar-refractivity contribution in [3.8, 4) is 11.4 Å². The molecule has 0 saturated heterocycles. The minimum absolute atomic E-state index is 0.0131. The highest BCUT2D eigenvalue weighted by molar-refractivity contribution is 7.99. The Morgan fingerprint density at radius 1 is 1.32 bits per heavy atom. The zero-order chi connectivity index (χ0) is 17.8. The second-order valence-corrected chi connectivity index (χ2v) is 7.51. The SMILES string of the molecule is C[C@@H]1CCCC[C@H]1NC(=O)CSc1nnc(-c2ccccc2F)n1C. The van der Waals surface area contributed by atoms with Crippen molar-refractivity contribution in [3.05, 3.63) is 30.1 Å². The van der Waals surface area contributed by atoms with E-state index < -0.39 is 0 Å². The van der Waals surface area contributed by atoms with E-state index in [1.807, 2.05) is 0 Å². The predicted octanol–water partition coefficient (Wildman–Crippen LogP) is 3.41. The van der Waals surface area contributed by atoms with Gasteiger partial charge in [-0.3, -0.25) is 4.79 Å². The quantitative estimate of drug-likeness (QED) is 0.828. The van der Waals surface area contributed by atoms with E-state index in [1.54, 1.807) is 29.8 Å². The Morgan fingerprint density at radius 3 is 2.84 bits per heavy atom. The van der Waals surface area contributed by atoms with Crippen molar-refractivity contribution in [1.82, 2.24) is 20.1 Å². The molecule has 1 N–H and O–H groups in total. The Morgan fingerprint density at radius 2 is 2.08 bits per heavy atom. The summed E-state index contributed by atoms with van der Waals surface area (Å²) in [5, 5.41) is 11.9. The average molecular weight is 362 g/mol. The molecule has 134 valence electrons. The Kier molecular flexibility index (Phi) is 5.73. The molecule has 25 heavy (non-hydrogen) atoms. The molecule has 1 saturated carbocycles. The minimum Gasteiger partial charge on any atom is -0.352 e. The van der Waals surface area contributed by atoms with Gasteiger partial charge in [-0.05, 0) is 30.9 Å². The molecule has 0 unspecified atom stereocenters. The van der Waals surface area contributed by atoms with E-state index in [2.05, 4.69) is 22.4 Å². The van der Waals surface area contributed by atoms with Crippen LogP contribution in [0, 0.1) is 11.7 Å². The number of carbonyl (C=O) groups excluding carboxylic acids is 1. The third-order valence-corrected chi connectivity index (χ3v) is 5.76. The molecule has 0 aliphatic heterocycles. The highest BCUT2D eigenvalue weighted by atomic mass is 32.2. The highest BCUT2D eigenvalue weighted by Crippen LogP contribution is 2.26. The van der Waals surface area contributed by atoms with Gasteiger partial charge in [0.15, 0.2) is 11.0 Å². The number of hydrogen-bond donors (Lipinski definition) is 1. The van der Waals surface area contributed by atoms with Gasteiger partial charge in [0.2, 0.25) is 5.91 Å². The number of benzene rings is 1. The summed E-state index contributed by atoms with van der Waals surface area (Å²) in [6, 6.07) is 6.75. The molecule has 1 aliphatic rings. The largest absolute Gasteiger partial charge is 0.352 e. The van der Waals surface area contributed by atoms with Crippen LogP contribution in [-0.2, 0) is 11.8 Å². The van der Waals surface area contributed by atoms with Gasteiger partial charge in [0.05, 0.1) is 11.3 Å².